The number of piperazine rings is 1. The van der Waals surface area contributed by atoms with Crippen molar-refractivity contribution in [2.24, 2.45) is 5.73 Å². The number of anilines is 2. The summed E-state index contributed by atoms with van der Waals surface area (Å²) in [5.41, 5.74) is 6.58. The zero-order valence-electron chi connectivity index (χ0n) is 34.3. The average molecular weight is 819 g/mol. The fourth-order valence-corrected chi connectivity index (χ4v) is 5.54. The molecule has 58 heavy (non-hydrogen) atoms. The molecule has 0 bridgehead atoms. The van der Waals surface area contributed by atoms with Crippen molar-refractivity contribution in [3.63, 3.8) is 0 Å². The van der Waals surface area contributed by atoms with E-state index >= 15 is 0 Å². The zero-order chi connectivity index (χ0) is 42.5. The summed E-state index contributed by atoms with van der Waals surface area (Å²) in [6, 6.07) is 9.23. The molecule has 1 heterocycles. The first-order valence-corrected chi connectivity index (χ1v) is 18.8. The highest BCUT2D eigenvalue weighted by atomic mass is 16.6. The van der Waals surface area contributed by atoms with E-state index in [2.05, 4.69) is 10.6 Å². The summed E-state index contributed by atoms with van der Waals surface area (Å²) in [6.45, 7) is 9.83. The third-order valence-corrected chi connectivity index (χ3v) is 8.36. The van der Waals surface area contributed by atoms with E-state index in [-0.39, 0.29) is 71.1 Å². The highest BCUT2D eigenvalue weighted by Gasteiger charge is 2.29. The van der Waals surface area contributed by atoms with E-state index in [1.165, 1.54) is 19.1 Å². The van der Waals surface area contributed by atoms with Crippen molar-refractivity contribution in [3.05, 3.63) is 47.5 Å². The molecule has 0 radical (unpaired) electrons. The summed E-state index contributed by atoms with van der Waals surface area (Å²) in [6.07, 6.45) is -0.554. The van der Waals surface area contributed by atoms with Crippen LogP contribution in [-0.4, -0.2) is 158 Å². The third-order valence-electron chi connectivity index (χ3n) is 8.36. The molecular formula is C39H58N6O13. The Morgan fingerprint density at radius 3 is 1.91 bits per heavy atom. The summed E-state index contributed by atoms with van der Waals surface area (Å²) in [4.78, 5) is 68.1. The van der Waals surface area contributed by atoms with Crippen LogP contribution in [0, 0.1) is 6.92 Å². The van der Waals surface area contributed by atoms with Crippen LogP contribution >= 0.6 is 0 Å². The topological polar surface area (TPSA) is 219 Å². The fraction of sp³-hybridized carbons (Fsp3) is 0.564. The predicted molar refractivity (Wildman–Crippen MR) is 212 cm³/mol. The van der Waals surface area contributed by atoms with Crippen LogP contribution in [0.15, 0.2) is 36.4 Å². The Kier molecular flexibility index (Phi) is 20.0. The number of methoxy groups -OCH3 is 2. The van der Waals surface area contributed by atoms with E-state index in [1.54, 1.807) is 73.9 Å². The van der Waals surface area contributed by atoms with Gasteiger partial charge >= 0.3 is 12.1 Å². The third kappa shape index (κ3) is 16.3. The Labute approximate surface area is 339 Å². The molecule has 19 heteroatoms. The number of hydrogen-bond donors (Lipinski definition) is 3. The van der Waals surface area contributed by atoms with Gasteiger partial charge in [0.1, 0.15) is 25.5 Å². The number of carbonyl (C=O) groups excluding carboxylic acids is 5. The van der Waals surface area contributed by atoms with Gasteiger partial charge < -0.3 is 63.6 Å². The summed E-state index contributed by atoms with van der Waals surface area (Å²) in [5, 5.41) is 5.02. The van der Waals surface area contributed by atoms with E-state index in [0.29, 0.717) is 73.6 Å². The van der Waals surface area contributed by atoms with Crippen LogP contribution in [0.4, 0.5) is 21.0 Å². The molecule has 0 aromatic heterocycles. The first kappa shape index (κ1) is 47.2. The number of amides is 6. The Morgan fingerprint density at radius 1 is 0.776 bits per heavy atom. The van der Waals surface area contributed by atoms with E-state index in [9.17, 15) is 24.0 Å². The van der Waals surface area contributed by atoms with Crippen LogP contribution in [-0.2, 0) is 38.0 Å². The second kappa shape index (κ2) is 24.5. The second-order valence-electron chi connectivity index (χ2n) is 13.8. The van der Waals surface area contributed by atoms with Crippen molar-refractivity contribution in [1.82, 2.24) is 15.1 Å². The van der Waals surface area contributed by atoms with Gasteiger partial charge in [-0.1, -0.05) is 6.07 Å². The van der Waals surface area contributed by atoms with Crippen LogP contribution in [0.25, 0.3) is 0 Å². The van der Waals surface area contributed by atoms with E-state index in [4.69, 9.17) is 43.6 Å². The number of alkyl carbamates (subject to hydrolysis) is 1. The zero-order valence-corrected chi connectivity index (χ0v) is 34.3. The molecule has 1 aliphatic rings. The average Bonchev–Trinajstić information content (AvgIpc) is 3.18. The molecule has 4 N–H and O–H groups in total. The van der Waals surface area contributed by atoms with Crippen LogP contribution in [0.3, 0.4) is 0 Å². The van der Waals surface area contributed by atoms with Gasteiger partial charge in [-0.25, -0.2) is 9.59 Å². The van der Waals surface area contributed by atoms with Gasteiger partial charge in [0, 0.05) is 37.6 Å². The molecule has 0 unspecified atom stereocenters. The van der Waals surface area contributed by atoms with Crippen molar-refractivity contribution in [2.45, 2.75) is 33.3 Å². The first-order valence-electron chi connectivity index (χ1n) is 18.8. The van der Waals surface area contributed by atoms with Crippen molar-refractivity contribution < 1.29 is 61.9 Å². The molecule has 0 spiro atoms. The number of primary amides is 1. The minimum atomic E-state index is -0.733. The minimum absolute atomic E-state index is 0.0141. The van der Waals surface area contributed by atoms with Crippen LogP contribution in [0.1, 0.15) is 36.7 Å². The molecule has 3 rings (SSSR count). The lowest BCUT2D eigenvalue weighted by Gasteiger charge is -2.36. The Morgan fingerprint density at radius 2 is 1.36 bits per heavy atom. The van der Waals surface area contributed by atoms with Crippen LogP contribution in [0.2, 0.25) is 0 Å². The Hall–Kier alpha value is -5.21. The van der Waals surface area contributed by atoms with Crippen molar-refractivity contribution in [3.8, 4) is 11.5 Å². The standard InChI is InChI=1S/C39H58N6O13/c1-28-24-29(10-11-31(28)42-37(40)49)45(25-33(46)43-12-14-44(15-13-43)36(48)30-8-7-9-32(51-5)35(30)52-6)34(47)26-56-22-20-54-18-16-53-17-19-55-21-23-57-27-41-38(50)58-39(2,3)4/h7-11,24H,12-23,25-27H2,1-6H3,(H,41,50)(H3,40,42,49). The van der Waals surface area contributed by atoms with Gasteiger partial charge in [0.15, 0.2) is 11.5 Å². The van der Waals surface area contributed by atoms with Crippen molar-refractivity contribution in [1.29, 1.82) is 0 Å². The lowest BCUT2D eigenvalue weighted by molar-refractivity contribution is -0.133. The second-order valence-corrected chi connectivity index (χ2v) is 13.8. The Bertz CT molecular complexity index is 1650. The van der Waals surface area contributed by atoms with Gasteiger partial charge in [0.25, 0.3) is 11.8 Å². The van der Waals surface area contributed by atoms with Crippen LogP contribution < -0.4 is 30.7 Å². The molecule has 0 aliphatic carbocycles. The maximum Gasteiger partial charge on any atom is 0.409 e. The SMILES string of the molecule is COc1cccc(C(=O)N2CCN(C(=O)CN(C(=O)COCCOCCOCCOCCOCNC(=O)OC(C)(C)C)c3ccc(NC(N)=O)c(C)c3)CC2)c1OC. The number of carbonyl (C=O) groups is 5. The number of nitrogens with one attached hydrogen (secondary N) is 2. The fourth-order valence-electron chi connectivity index (χ4n) is 5.54. The number of nitrogens with zero attached hydrogens (tertiary/aromatic N) is 3. The largest absolute Gasteiger partial charge is 0.493 e. The van der Waals surface area contributed by atoms with Gasteiger partial charge in [-0.2, -0.15) is 0 Å². The van der Waals surface area contributed by atoms with Crippen molar-refractivity contribution >= 4 is 41.2 Å². The molecule has 0 atom stereocenters. The number of nitrogens with two attached hydrogens (primary N) is 1. The molecular weight excluding hydrogens is 760 g/mol. The first-order chi connectivity index (χ1) is 27.7. The van der Waals surface area contributed by atoms with E-state index in [1.807, 2.05) is 0 Å². The van der Waals surface area contributed by atoms with Gasteiger partial charge in [-0.05, 0) is 63.6 Å². The Balaban J connectivity index is 1.40. The smallest absolute Gasteiger partial charge is 0.409 e. The predicted octanol–water partition coefficient (Wildman–Crippen LogP) is 2.39. The molecule has 322 valence electrons. The van der Waals surface area contributed by atoms with E-state index in [0.717, 1.165) is 0 Å². The monoisotopic (exact) mass is 818 g/mol. The highest BCUT2D eigenvalue weighted by Crippen LogP contribution is 2.32. The van der Waals surface area contributed by atoms with Gasteiger partial charge in [-0.15, -0.1) is 0 Å². The number of rotatable bonds is 23. The highest BCUT2D eigenvalue weighted by molar-refractivity contribution is 6.00. The quantitative estimate of drug-likeness (QED) is 0.109. The maximum atomic E-state index is 13.6. The molecule has 2 aromatic carbocycles. The van der Waals surface area contributed by atoms with Gasteiger partial charge in [0.2, 0.25) is 5.91 Å². The summed E-state index contributed by atoms with van der Waals surface area (Å²) >= 11 is 0. The number of para-hydroxylation sites is 1. The number of hydrogen-bond acceptors (Lipinski definition) is 13. The number of aryl methyl sites for hydroxylation is 1. The normalized spacial score (nSPS) is 12.8. The molecule has 1 saturated heterocycles. The number of ether oxygens (including phenoxy) is 8. The lowest BCUT2D eigenvalue weighted by Crippen LogP contribution is -2.53. The molecule has 19 nitrogen and oxygen atoms in total. The summed E-state index contributed by atoms with van der Waals surface area (Å²) < 4.78 is 43.2. The lowest BCUT2D eigenvalue weighted by atomic mass is 10.1. The number of benzene rings is 2. The van der Waals surface area contributed by atoms with Crippen LogP contribution in [0.5, 0.6) is 11.5 Å². The van der Waals surface area contributed by atoms with Gasteiger partial charge in [0.05, 0.1) is 72.6 Å². The van der Waals surface area contributed by atoms with Gasteiger partial charge in [-0.3, -0.25) is 19.7 Å². The summed E-state index contributed by atoms with van der Waals surface area (Å²) in [5.74, 6) is -0.247. The number of urea groups is 1. The van der Waals surface area contributed by atoms with E-state index < -0.39 is 23.6 Å². The molecule has 1 aliphatic heterocycles. The molecule has 0 saturated carbocycles. The van der Waals surface area contributed by atoms with Crippen molar-refractivity contribution in [2.75, 3.05) is 123 Å². The molecule has 2 aromatic rings. The summed E-state index contributed by atoms with van der Waals surface area (Å²) in [7, 11) is 2.97. The minimum Gasteiger partial charge on any atom is -0.493 e. The maximum absolute atomic E-state index is 13.6. The molecule has 6 amide bonds. The molecule has 1 fully saturated rings.